The first-order chi connectivity index (χ1) is 13.3. The molecule has 28 heavy (non-hydrogen) atoms. The SMILES string of the molecule is CC(=O)C1CC(Oc2cc(Br)ccc2-c2cc(=O)c3c(O)ccc(Cl)c3o2)C1. The molecule has 0 unspecified atom stereocenters. The van der Waals surface area contributed by atoms with Crippen molar-refractivity contribution in [3.05, 3.63) is 56.1 Å². The summed E-state index contributed by atoms with van der Waals surface area (Å²) in [7, 11) is 0. The Labute approximate surface area is 174 Å². The summed E-state index contributed by atoms with van der Waals surface area (Å²) in [5.41, 5.74) is 0.316. The number of benzene rings is 2. The zero-order valence-corrected chi connectivity index (χ0v) is 17.2. The van der Waals surface area contributed by atoms with Crippen LogP contribution < -0.4 is 10.2 Å². The average Bonchev–Trinajstić information content (AvgIpc) is 2.60. The number of phenolic OH excluding ortho intramolecular Hbond substituents is 1. The van der Waals surface area contributed by atoms with E-state index in [1.54, 1.807) is 19.1 Å². The van der Waals surface area contributed by atoms with Crippen LogP contribution in [0.15, 0.2) is 50.1 Å². The first-order valence-electron chi connectivity index (χ1n) is 8.76. The summed E-state index contributed by atoms with van der Waals surface area (Å²) >= 11 is 9.60. The fourth-order valence-corrected chi connectivity index (χ4v) is 3.85. The summed E-state index contributed by atoms with van der Waals surface area (Å²) in [4.78, 5) is 24.0. The van der Waals surface area contributed by atoms with E-state index in [1.165, 1.54) is 18.2 Å². The van der Waals surface area contributed by atoms with Gasteiger partial charge in [-0.15, -0.1) is 0 Å². The van der Waals surface area contributed by atoms with Gasteiger partial charge >= 0.3 is 0 Å². The van der Waals surface area contributed by atoms with E-state index in [4.69, 9.17) is 20.8 Å². The number of hydrogen-bond donors (Lipinski definition) is 1. The van der Waals surface area contributed by atoms with E-state index in [2.05, 4.69) is 15.9 Å². The molecule has 0 spiro atoms. The molecule has 0 bridgehead atoms. The number of ketones is 1. The monoisotopic (exact) mass is 462 g/mol. The molecule has 1 fully saturated rings. The largest absolute Gasteiger partial charge is 0.507 e. The Kier molecular flexibility index (Phi) is 4.93. The molecule has 2 aromatic carbocycles. The molecule has 4 rings (SSSR count). The molecule has 7 heteroatoms. The Balaban J connectivity index is 1.77. The highest BCUT2D eigenvalue weighted by Gasteiger charge is 2.34. The Morgan fingerprint density at radius 2 is 2.00 bits per heavy atom. The standard InChI is InChI=1S/C21H16BrClO5/c1-10(24)11-6-13(7-11)27-18-8-12(22)2-3-14(18)19-9-17(26)20-16(25)5-4-15(23)21(20)28-19/h2-5,8-9,11,13,25H,6-7H2,1H3. The predicted molar refractivity (Wildman–Crippen MR) is 110 cm³/mol. The van der Waals surface area contributed by atoms with Crippen LogP contribution in [0.3, 0.4) is 0 Å². The summed E-state index contributed by atoms with van der Waals surface area (Å²) < 4.78 is 12.8. The number of aromatic hydroxyl groups is 1. The minimum Gasteiger partial charge on any atom is -0.507 e. The highest BCUT2D eigenvalue weighted by Crippen LogP contribution is 2.39. The van der Waals surface area contributed by atoms with Gasteiger partial charge in [-0.2, -0.15) is 0 Å². The third-order valence-electron chi connectivity index (χ3n) is 4.98. The van der Waals surface area contributed by atoms with Crippen molar-refractivity contribution in [2.75, 3.05) is 0 Å². The molecule has 0 aliphatic heterocycles. The van der Waals surface area contributed by atoms with Gasteiger partial charge in [0.15, 0.2) is 11.0 Å². The summed E-state index contributed by atoms with van der Waals surface area (Å²) in [5, 5.41) is 10.3. The molecule has 1 saturated carbocycles. The first kappa shape index (κ1) is 19.0. The first-order valence-corrected chi connectivity index (χ1v) is 9.93. The summed E-state index contributed by atoms with van der Waals surface area (Å²) in [6.45, 7) is 1.59. The molecule has 1 N–H and O–H groups in total. The Hall–Kier alpha value is -2.31. The molecule has 5 nitrogen and oxygen atoms in total. The van der Waals surface area contributed by atoms with Gasteiger partial charge in [0.25, 0.3) is 0 Å². The molecule has 0 amide bonds. The zero-order chi connectivity index (χ0) is 20.0. The lowest BCUT2D eigenvalue weighted by molar-refractivity contribution is -0.126. The molecule has 1 aromatic heterocycles. The van der Waals surface area contributed by atoms with Crippen LogP contribution in [-0.2, 0) is 4.79 Å². The molecule has 3 aromatic rings. The lowest BCUT2D eigenvalue weighted by Gasteiger charge is -2.34. The van der Waals surface area contributed by atoms with Gasteiger partial charge in [0.2, 0.25) is 0 Å². The van der Waals surface area contributed by atoms with Crippen molar-refractivity contribution in [1.82, 2.24) is 0 Å². The maximum Gasteiger partial charge on any atom is 0.197 e. The summed E-state index contributed by atoms with van der Waals surface area (Å²) in [6, 6.07) is 9.54. The normalized spacial score (nSPS) is 18.7. The lowest BCUT2D eigenvalue weighted by atomic mass is 9.80. The fourth-order valence-electron chi connectivity index (χ4n) is 3.32. The summed E-state index contributed by atoms with van der Waals surface area (Å²) in [5.74, 6) is 0.858. The number of carbonyl (C=O) groups is 1. The van der Waals surface area contributed by atoms with Crippen LogP contribution in [0.4, 0.5) is 0 Å². The predicted octanol–water partition coefficient (Wildman–Crippen LogP) is 5.33. The molecule has 1 heterocycles. The quantitative estimate of drug-likeness (QED) is 0.566. The van der Waals surface area contributed by atoms with Crippen LogP contribution in [0, 0.1) is 5.92 Å². The van der Waals surface area contributed by atoms with E-state index in [0.717, 1.165) is 4.47 Å². The van der Waals surface area contributed by atoms with Gasteiger partial charge in [-0.05, 0) is 50.1 Å². The smallest absolute Gasteiger partial charge is 0.197 e. The van der Waals surface area contributed by atoms with Crippen LogP contribution in [0.5, 0.6) is 11.5 Å². The minimum atomic E-state index is -0.398. The molecule has 0 radical (unpaired) electrons. The van der Waals surface area contributed by atoms with Crippen molar-refractivity contribution in [2.24, 2.45) is 5.92 Å². The number of rotatable bonds is 4. The van der Waals surface area contributed by atoms with Crippen molar-refractivity contribution >= 4 is 44.3 Å². The van der Waals surface area contributed by atoms with Crippen molar-refractivity contribution in [3.63, 3.8) is 0 Å². The third kappa shape index (κ3) is 3.42. The van der Waals surface area contributed by atoms with Crippen LogP contribution in [0.25, 0.3) is 22.3 Å². The highest BCUT2D eigenvalue weighted by molar-refractivity contribution is 9.10. The van der Waals surface area contributed by atoms with Crippen molar-refractivity contribution < 1.29 is 19.1 Å². The average molecular weight is 464 g/mol. The second-order valence-electron chi connectivity index (χ2n) is 6.90. The van der Waals surface area contributed by atoms with Crippen LogP contribution in [0.1, 0.15) is 19.8 Å². The van der Waals surface area contributed by atoms with Crippen LogP contribution in [-0.4, -0.2) is 17.0 Å². The van der Waals surface area contributed by atoms with E-state index < -0.39 is 5.43 Å². The number of carbonyl (C=O) groups excluding carboxylic acids is 1. The van der Waals surface area contributed by atoms with E-state index >= 15 is 0 Å². The van der Waals surface area contributed by atoms with Crippen molar-refractivity contribution in [3.8, 4) is 22.8 Å². The molecule has 0 atom stereocenters. The van der Waals surface area contributed by atoms with Crippen molar-refractivity contribution in [2.45, 2.75) is 25.9 Å². The number of Topliss-reactive ketones (excluding diaryl/α,β-unsaturated/α-hetero) is 1. The number of phenols is 1. The van der Waals surface area contributed by atoms with Gasteiger partial charge in [0, 0.05) is 16.5 Å². The number of fused-ring (bicyclic) bond motifs is 1. The summed E-state index contributed by atoms with van der Waals surface area (Å²) in [6.07, 6.45) is 1.27. The topological polar surface area (TPSA) is 76.7 Å². The molecule has 1 aliphatic carbocycles. The maximum atomic E-state index is 12.6. The minimum absolute atomic E-state index is 0.0409. The highest BCUT2D eigenvalue weighted by atomic mass is 79.9. The molecule has 1 aliphatic rings. The molecular formula is C21H16BrClO5. The Bertz CT molecular complexity index is 1150. The van der Waals surface area contributed by atoms with Gasteiger partial charge in [0.05, 0.1) is 10.6 Å². The van der Waals surface area contributed by atoms with E-state index in [1.807, 2.05) is 6.07 Å². The van der Waals surface area contributed by atoms with Crippen LogP contribution in [0.2, 0.25) is 5.02 Å². The maximum absolute atomic E-state index is 12.6. The fraction of sp³-hybridized carbons (Fsp3) is 0.238. The van der Waals surface area contributed by atoms with E-state index in [9.17, 15) is 14.7 Å². The zero-order valence-electron chi connectivity index (χ0n) is 14.9. The van der Waals surface area contributed by atoms with Gasteiger partial charge in [-0.3, -0.25) is 9.59 Å². The number of ether oxygens (including phenoxy) is 1. The van der Waals surface area contributed by atoms with Gasteiger partial charge in [-0.25, -0.2) is 0 Å². The third-order valence-corrected chi connectivity index (χ3v) is 5.77. The Morgan fingerprint density at radius 1 is 1.25 bits per heavy atom. The van der Waals surface area contributed by atoms with Gasteiger partial charge in [-0.1, -0.05) is 27.5 Å². The van der Waals surface area contributed by atoms with E-state index in [0.29, 0.717) is 24.2 Å². The lowest BCUT2D eigenvalue weighted by Crippen LogP contribution is -2.37. The second-order valence-corrected chi connectivity index (χ2v) is 8.23. The second kappa shape index (κ2) is 7.26. The van der Waals surface area contributed by atoms with Gasteiger partial charge in [0.1, 0.15) is 34.5 Å². The molecule has 0 saturated heterocycles. The van der Waals surface area contributed by atoms with Crippen molar-refractivity contribution in [1.29, 1.82) is 0 Å². The molecular weight excluding hydrogens is 448 g/mol. The van der Waals surface area contributed by atoms with Crippen LogP contribution >= 0.6 is 27.5 Å². The van der Waals surface area contributed by atoms with Gasteiger partial charge < -0.3 is 14.3 Å². The number of halogens is 2. The molecule has 144 valence electrons. The van der Waals surface area contributed by atoms with E-state index in [-0.39, 0.29) is 45.3 Å². The Morgan fingerprint density at radius 3 is 2.71 bits per heavy atom. The number of hydrogen-bond acceptors (Lipinski definition) is 5.